The van der Waals surface area contributed by atoms with Crippen LogP contribution in [-0.2, 0) is 0 Å². The zero-order chi connectivity index (χ0) is 13.3. The lowest BCUT2D eigenvalue weighted by atomic mass is 10.2. The molecule has 0 saturated carbocycles. The van der Waals surface area contributed by atoms with Gasteiger partial charge < -0.3 is 5.41 Å². The van der Waals surface area contributed by atoms with Crippen molar-refractivity contribution in [1.29, 1.82) is 5.41 Å². The maximum atomic E-state index is 7.05. The zero-order valence-corrected chi connectivity index (χ0v) is 11.5. The number of rotatable bonds is 2. The lowest BCUT2D eigenvalue weighted by Gasteiger charge is -1.90. The van der Waals surface area contributed by atoms with Crippen LogP contribution in [0.5, 0.6) is 0 Å². The maximum absolute atomic E-state index is 7.05. The molecule has 0 bridgehead atoms. The van der Waals surface area contributed by atoms with Gasteiger partial charge in [-0.25, -0.2) is 0 Å². The van der Waals surface area contributed by atoms with Crippen molar-refractivity contribution in [3.05, 3.63) is 59.2 Å². The molecule has 0 unspecified atom stereocenters. The van der Waals surface area contributed by atoms with E-state index in [2.05, 4.69) is 38.1 Å². The standard InChI is InChI=1S/C8H13N.C8H10/c1-4-7(2)5-6-8(3)9;1-7-4-3-5-8(2)6-7/h4-6,9H,1-3H3;3-6H,1-2H3/b6-5-,7-4-,9-8?;. The Morgan fingerprint density at radius 3 is 1.88 bits per heavy atom. The first-order valence-corrected chi connectivity index (χ1v) is 5.85. The second-order valence-electron chi connectivity index (χ2n) is 4.21. The van der Waals surface area contributed by atoms with Gasteiger partial charge in [0.2, 0.25) is 0 Å². The molecule has 0 radical (unpaired) electrons. The summed E-state index contributed by atoms with van der Waals surface area (Å²) in [6.07, 6.45) is 5.73. The van der Waals surface area contributed by atoms with E-state index in [0.29, 0.717) is 5.71 Å². The predicted octanol–water partition coefficient (Wildman–Crippen LogP) is 4.85. The van der Waals surface area contributed by atoms with Crippen LogP contribution in [0.15, 0.2) is 48.1 Å². The Bertz CT molecular complexity index is 394. The molecule has 1 heteroatoms. The first-order chi connectivity index (χ1) is 7.95. The average Bonchev–Trinajstić information content (AvgIpc) is 2.26. The van der Waals surface area contributed by atoms with Crippen molar-refractivity contribution in [3.63, 3.8) is 0 Å². The molecule has 0 aromatic heterocycles. The van der Waals surface area contributed by atoms with Gasteiger partial charge in [-0.05, 0) is 40.7 Å². The Morgan fingerprint density at radius 1 is 1.06 bits per heavy atom. The van der Waals surface area contributed by atoms with E-state index in [1.54, 1.807) is 13.0 Å². The third-order valence-electron chi connectivity index (χ3n) is 2.23. The van der Waals surface area contributed by atoms with Crippen molar-refractivity contribution in [2.75, 3.05) is 0 Å². The normalized spacial score (nSPS) is 11.0. The van der Waals surface area contributed by atoms with Gasteiger partial charge in [-0.15, -0.1) is 0 Å². The topological polar surface area (TPSA) is 23.9 Å². The van der Waals surface area contributed by atoms with Crippen LogP contribution in [0, 0.1) is 19.3 Å². The maximum Gasteiger partial charge on any atom is 0.0283 e. The van der Waals surface area contributed by atoms with Gasteiger partial charge in [0, 0.05) is 5.71 Å². The van der Waals surface area contributed by atoms with E-state index >= 15 is 0 Å². The van der Waals surface area contributed by atoms with Crippen LogP contribution in [0.3, 0.4) is 0 Å². The third kappa shape index (κ3) is 9.31. The molecule has 0 fully saturated rings. The Labute approximate surface area is 105 Å². The van der Waals surface area contributed by atoms with E-state index in [-0.39, 0.29) is 0 Å². The second-order valence-corrected chi connectivity index (χ2v) is 4.21. The lowest BCUT2D eigenvalue weighted by molar-refractivity contribution is 1.39. The van der Waals surface area contributed by atoms with Gasteiger partial charge in [0.15, 0.2) is 0 Å². The minimum Gasteiger partial charge on any atom is -0.306 e. The van der Waals surface area contributed by atoms with Crippen LogP contribution >= 0.6 is 0 Å². The Hall–Kier alpha value is -1.63. The number of hydrogen-bond acceptors (Lipinski definition) is 1. The Morgan fingerprint density at radius 2 is 1.59 bits per heavy atom. The smallest absolute Gasteiger partial charge is 0.0283 e. The molecule has 0 atom stereocenters. The zero-order valence-electron chi connectivity index (χ0n) is 11.5. The molecule has 0 amide bonds. The van der Waals surface area contributed by atoms with E-state index in [0.717, 1.165) is 0 Å². The highest BCUT2D eigenvalue weighted by atomic mass is 14.4. The van der Waals surface area contributed by atoms with Crippen molar-refractivity contribution in [1.82, 2.24) is 0 Å². The molecule has 0 spiro atoms. The summed E-state index contributed by atoms with van der Waals surface area (Å²) in [5.41, 5.74) is 4.47. The van der Waals surface area contributed by atoms with Crippen LogP contribution in [0.1, 0.15) is 31.9 Å². The van der Waals surface area contributed by atoms with Crippen LogP contribution in [0.4, 0.5) is 0 Å². The fraction of sp³-hybridized carbons (Fsp3) is 0.312. The summed E-state index contributed by atoms with van der Waals surface area (Å²) in [7, 11) is 0. The van der Waals surface area contributed by atoms with E-state index in [1.807, 2.05) is 26.0 Å². The summed E-state index contributed by atoms with van der Waals surface area (Å²) in [5.74, 6) is 0. The largest absolute Gasteiger partial charge is 0.306 e. The molecule has 0 heterocycles. The fourth-order valence-corrected chi connectivity index (χ4v) is 1.16. The molecular formula is C16H23N. The molecule has 1 rings (SSSR count). The van der Waals surface area contributed by atoms with Crippen molar-refractivity contribution in [2.45, 2.75) is 34.6 Å². The summed E-state index contributed by atoms with van der Waals surface area (Å²) in [6.45, 7) is 9.97. The molecule has 0 saturated heterocycles. The Kier molecular flexibility index (Phi) is 7.70. The van der Waals surface area contributed by atoms with E-state index < -0.39 is 0 Å². The highest BCUT2D eigenvalue weighted by molar-refractivity contribution is 5.90. The van der Waals surface area contributed by atoms with Gasteiger partial charge in [-0.1, -0.05) is 53.1 Å². The Balaban J connectivity index is 0.000000302. The molecular weight excluding hydrogens is 206 g/mol. The van der Waals surface area contributed by atoms with E-state index in [9.17, 15) is 0 Å². The number of nitrogens with one attached hydrogen (secondary N) is 1. The third-order valence-corrected chi connectivity index (χ3v) is 2.23. The second kappa shape index (κ2) is 8.51. The number of aryl methyl sites for hydroxylation is 2. The first kappa shape index (κ1) is 15.4. The van der Waals surface area contributed by atoms with E-state index in [4.69, 9.17) is 5.41 Å². The van der Waals surface area contributed by atoms with Crippen molar-refractivity contribution >= 4 is 5.71 Å². The van der Waals surface area contributed by atoms with E-state index in [1.165, 1.54) is 16.7 Å². The molecule has 92 valence electrons. The molecule has 1 nitrogen and oxygen atoms in total. The number of hydrogen-bond donors (Lipinski definition) is 1. The van der Waals surface area contributed by atoms with Crippen LogP contribution in [-0.4, -0.2) is 5.71 Å². The summed E-state index contributed by atoms with van der Waals surface area (Å²) in [6, 6.07) is 8.45. The molecule has 1 aromatic rings. The summed E-state index contributed by atoms with van der Waals surface area (Å²) < 4.78 is 0. The van der Waals surface area contributed by atoms with Gasteiger partial charge in [0.1, 0.15) is 0 Å². The lowest BCUT2D eigenvalue weighted by Crippen LogP contribution is -1.77. The van der Waals surface area contributed by atoms with Crippen molar-refractivity contribution < 1.29 is 0 Å². The van der Waals surface area contributed by atoms with Gasteiger partial charge in [0.25, 0.3) is 0 Å². The average molecular weight is 229 g/mol. The molecule has 17 heavy (non-hydrogen) atoms. The summed E-state index contributed by atoms with van der Waals surface area (Å²) >= 11 is 0. The van der Waals surface area contributed by atoms with Gasteiger partial charge in [-0.2, -0.15) is 0 Å². The summed E-state index contributed by atoms with van der Waals surface area (Å²) in [4.78, 5) is 0. The SMILES string of the molecule is C/C=C(C)\C=C/C(C)=N.Cc1cccc(C)c1. The monoisotopic (exact) mass is 229 g/mol. The van der Waals surface area contributed by atoms with Crippen molar-refractivity contribution in [2.24, 2.45) is 0 Å². The fourth-order valence-electron chi connectivity index (χ4n) is 1.16. The first-order valence-electron chi connectivity index (χ1n) is 5.85. The quantitative estimate of drug-likeness (QED) is 0.553. The molecule has 0 aliphatic rings. The molecule has 0 aliphatic heterocycles. The highest BCUT2D eigenvalue weighted by Gasteiger charge is 1.80. The van der Waals surface area contributed by atoms with Crippen LogP contribution in [0.2, 0.25) is 0 Å². The number of benzene rings is 1. The van der Waals surface area contributed by atoms with Crippen molar-refractivity contribution in [3.8, 4) is 0 Å². The molecule has 1 aromatic carbocycles. The number of allylic oxidation sites excluding steroid dienone is 4. The predicted molar refractivity (Wildman–Crippen MR) is 77.9 cm³/mol. The van der Waals surface area contributed by atoms with Crippen LogP contribution in [0.25, 0.3) is 0 Å². The van der Waals surface area contributed by atoms with Gasteiger partial charge in [0.05, 0.1) is 0 Å². The highest BCUT2D eigenvalue weighted by Crippen LogP contribution is 2.00. The van der Waals surface area contributed by atoms with Gasteiger partial charge in [-0.3, -0.25) is 0 Å². The van der Waals surface area contributed by atoms with Crippen LogP contribution < -0.4 is 0 Å². The van der Waals surface area contributed by atoms with Gasteiger partial charge >= 0.3 is 0 Å². The summed E-state index contributed by atoms with van der Waals surface area (Å²) in [5, 5.41) is 7.05. The molecule has 0 aliphatic carbocycles. The minimum absolute atomic E-state index is 0.594. The minimum atomic E-state index is 0.594. The molecule has 1 N–H and O–H groups in total.